The normalized spacial score (nSPS) is 11.2. The number of aryl methyl sites for hydroxylation is 1. The molecule has 0 bridgehead atoms. The number of thiophene rings is 1. The highest BCUT2D eigenvalue weighted by Crippen LogP contribution is 2.36. The summed E-state index contributed by atoms with van der Waals surface area (Å²) in [5, 5.41) is 15.4. The number of hydrogen-bond donors (Lipinski definition) is 1. The van der Waals surface area contributed by atoms with Gasteiger partial charge in [0.15, 0.2) is 10.8 Å². The number of benzene rings is 2. The zero-order chi connectivity index (χ0) is 22.8. The lowest BCUT2D eigenvalue weighted by atomic mass is 10.0. The fraction of sp³-hybridized carbons (Fsp3) is 0.167. The highest BCUT2D eigenvalue weighted by Gasteiger charge is 2.17. The van der Waals surface area contributed by atoms with Gasteiger partial charge in [-0.1, -0.05) is 53.7 Å². The van der Waals surface area contributed by atoms with E-state index in [-0.39, 0.29) is 11.7 Å². The first kappa shape index (κ1) is 21.4. The number of ether oxygens (including phenoxy) is 1. The van der Waals surface area contributed by atoms with E-state index >= 15 is 0 Å². The van der Waals surface area contributed by atoms with Crippen molar-refractivity contribution in [3.05, 3.63) is 65.8 Å². The molecule has 5 rings (SSSR count). The smallest absolute Gasteiger partial charge is 0.234 e. The summed E-state index contributed by atoms with van der Waals surface area (Å²) >= 11 is 2.90. The predicted octanol–water partition coefficient (Wildman–Crippen LogP) is 5.44. The van der Waals surface area contributed by atoms with Gasteiger partial charge in [-0.2, -0.15) is 0 Å². The molecule has 33 heavy (non-hydrogen) atoms. The summed E-state index contributed by atoms with van der Waals surface area (Å²) in [6.45, 7) is 4.51. The number of thioether (sulfide) groups is 1. The maximum absolute atomic E-state index is 12.6. The molecule has 3 aromatic heterocycles. The minimum Gasteiger partial charge on any atom is -0.492 e. The molecule has 3 heterocycles. The predicted molar refractivity (Wildman–Crippen MR) is 133 cm³/mol. The van der Waals surface area contributed by atoms with E-state index < -0.39 is 0 Å². The summed E-state index contributed by atoms with van der Waals surface area (Å²) in [6.07, 6.45) is 1.72. The number of fused-ring (bicyclic) bond motifs is 3. The van der Waals surface area contributed by atoms with Crippen LogP contribution in [0, 0.1) is 6.92 Å². The minimum atomic E-state index is -0.145. The highest BCUT2D eigenvalue weighted by atomic mass is 32.2. The lowest BCUT2D eigenvalue weighted by Gasteiger charge is -2.10. The second kappa shape index (κ2) is 9.21. The molecule has 0 spiro atoms. The molecule has 0 radical (unpaired) electrons. The first-order valence-corrected chi connectivity index (χ1v) is 12.3. The molecule has 0 aliphatic rings. The van der Waals surface area contributed by atoms with E-state index in [0.717, 1.165) is 27.0 Å². The molecule has 7 nitrogen and oxygen atoms in total. The maximum Gasteiger partial charge on any atom is 0.234 e. The Morgan fingerprint density at radius 3 is 2.79 bits per heavy atom. The van der Waals surface area contributed by atoms with Gasteiger partial charge < -0.3 is 10.1 Å². The van der Waals surface area contributed by atoms with Crippen molar-refractivity contribution in [2.45, 2.75) is 19.0 Å². The number of carbonyl (C=O) groups excluding carboxylic acids is 1. The summed E-state index contributed by atoms with van der Waals surface area (Å²) in [5.74, 6) is 0.695. The molecular formula is C24H21N5O2S2. The molecule has 1 N–H and O–H groups in total. The molecule has 0 unspecified atom stereocenters. The van der Waals surface area contributed by atoms with Gasteiger partial charge in [0, 0.05) is 10.9 Å². The SMILES string of the molecule is CCOc1ccccc1NC(=O)CSc1nnc2c3c(-c4ccc(C)cc4)csc3ncn12. The van der Waals surface area contributed by atoms with Gasteiger partial charge >= 0.3 is 0 Å². The van der Waals surface area contributed by atoms with Gasteiger partial charge in [0.2, 0.25) is 5.91 Å². The first-order chi connectivity index (χ1) is 16.1. The van der Waals surface area contributed by atoms with Crippen molar-refractivity contribution in [2.75, 3.05) is 17.7 Å². The maximum atomic E-state index is 12.6. The van der Waals surface area contributed by atoms with E-state index in [1.807, 2.05) is 35.6 Å². The van der Waals surface area contributed by atoms with Gasteiger partial charge in [0.25, 0.3) is 0 Å². The molecule has 1 amide bonds. The summed E-state index contributed by atoms with van der Waals surface area (Å²) in [4.78, 5) is 18.1. The Labute approximate surface area is 198 Å². The summed E-state index contributed by atoms with van der Waals surface area (Å²) in [6, 6.07) is 15.8. The fourth-order valence-electron chi connectivity index (χ4n) is 3.53. The number of aromatic nitrogens is 4. The van der Waals surface area contributed by atoms with Crippen molar-refractivity contribution in [2.24, 2.45) is 0 Å². The third kappa shape index (κ3) is 4.29. The number of hydrogen-bond acceptors (Lipinski definition) is 7. The minimum absolute atomic E-state index is 0.145. The van der Waals surface area contributed by atoms with Crippen molar-refractivity contribution >= 4 is 50.6 Å². The Kier molecular flexibility index (Phi) is 5.97. The van der Waals surface area contributed by atoms with Crippen LogP contribution in [0.5, 0.6) is 5.75 Å². The van der Waals surface area contributed by atoms with Crippen LogP contribution >= 0.6 is 23.1 Å². The van der Waals surface area contributed by atoms with E-state index in [1.54, 1.807) is 17.7 Å². The number of anilines is 1. The average molecular weight is 476 g/mol. The van der Waals surface area contributed by atoms with Crippen LogP contribution in [-0.4, -0.2) is 37.8 Å². The molecule has 166 valence electrons. The van der Waals surface area contributed by atoms with Crippen LogP contribution in [0.3, 0.4) is 0 Å². The van der Waals surface area contributed by atoms with Crippen molar-refractivity contribution in [3.63, 3.8) is 0 Å². The van der Waals surface area contributed by atoms with E-state index in [0.29, 0.717) is 23.2 Å². The largest absolute Gasteiger partial charge is 0.492 e. The summed E-state index contributed by atoms with van der Waals surface area (Å²) in [7, 11) is 0. The molecular weight excluding hydrogens is 454 g/mol. The fourth-order valence-corrected chi connectivity index (χ4v) is 5.15. The molecule has 9 heteroatoms. The highest BCUT2D eigenvalue weighted by molar-refractivity contribution is 7.99. The second-order valence-electron chi connectivity index (χ2n) is 7.38. The van der Waals surface area contributed by atoms with E-state index in [2.05, 4.69) is 57.1 Å². The molecule has 0 atom stereocenters. The van der Waals surface area contributed by atoms with Gasteiger partial charge in [-0.15, -0.1) is 21.5 Å². The van der Waals surface area contributed by atoms with Gasteiger partial charge in [-0.05, 0) is 31.5 Å². The topological polar surface area (TPSA) is 81.4 Å². The molecule has 0 aliphatic heterocycles. The van der Waals surface area contributed by atoms with Crippen LogP contribution < -0.4 is 10.1 Å². The monoisotopic (exact) mass is 475 g/mol. The third-order valence-electron chi connectivity index (χ3n) is 5.11. The van der Waals surface area contributed by atoms with Crippen molar-refractivity contribution in [1.82, 2.24) is 19.6 Å². The van der Waals surface area contributed by atoms with Gasteiger partial charge in [-0.3, -0.25) is 9.20 Å². The number of nitrogens with zero attached hydrogens (tertiary/aromatic N) is 4. The Balaban J connectivity index is 1.39. The van der Waals surface area contributed by atoms with Crippen LogP contribution in [-0.2, 0) is 4.79 Å². The van der Waals surface area contributed by atoms with Crippen LogP contribution in [0.15, 0.2) is 65.4 Å². The number of para-hydroxylation sites is 2. The zero-order valence-corrected chi connectivity index (χ0v) is 19.7. The van der Waals surface area contributed by atoms with Gasteiger partial charge in [-0.25, -0.2) is 4.98 Å². The Morgan fingerprint density at radius 2 is 1.97 bits per heavy atom. The number of amides is 1. The van der Waals surface area contributed by atoms with Crippen LogP contribution in [0.25, 0.3) is 27.0 Å². The Bertz CT molecular complexity index is 1440. The standard InChI is InChI=1S/C24H21N5O2S2/c1-3-31-19-7-5-4-6-18(19)26-20(30)13-33-24-28-27-22-21-17(16-10-8-15(2)9-11-16)12-32-23(21)25-14-29(22)24/h4-12,14H,3,13H2,1-2H3,(H,26,30). The Morgan fingerprint density at radius 1 is 1.15 bits per heavy atom. The number of nitrogens with one attached hydrogen (secondary N) is 1. The average Bonchev–Trinajstić information content (AvgIpc) is 3.44. The molecule has 0 fully saturated rings. The lowest BCUT2D eigenvalue weighted by molar-refractivity contribution is -0.113. The van der Waals surface area contributed by atoms with Gasteiger partial charge in [0.05, 0.1) is 23.4 Å². The first-order valence-electron chi connectivity index (χ1n) is 10.5. The molecule has 0 aliphatic carbocycles. The quantitative estimate of drug-likeness (QED) is 0.316. The zero-order valence-electron chi connectivity index (χ0n) is 18.1. The number of carbonyl (C=O) groups is 1. The number of rotatable bonds is 7. The molecule has 0 saturated heterocycles. The van der Waals surface area contributed by atoms with E-state index in [9.17, 15) is 4.79 Å². The van der Waals surface area contributed by atoms with Crippen LogP contribution in [0.2, 0.25) is 0 Å². The van der Waals surface area contributed by atoms with E-state index in [4.69, 9.17) is 4.74 Å². The van der Waals surface area contributed by atoms with Crippen LogP contribution in [0.4, 0.5) is 5.69 Å². The lowest BCUT2D eigenvalue weighted by Crippen LogP contribution is -2.15. The molecule has 5 aromatic rings. The summed E-state index contributed by atoms with van der Waals surface area (Å²) in [5.41, 5.74) is 4.81. The summed E-state index contributed by atoms with van der Waals surface area (Å²) < 4.78 is 7.42. The third-order valence-corrected chi connectivity index (χ3v) is 6.94. The second-order valence-corrected chi connectivity index (χ2v) is 9.18. The van der Waals surface area contributed by atoms with Crippen molar-refractivity contribution in [3.8, 4) is 16.9 Å². The molecule has 2 aromatic carbocycles. The van der Waals surface area contributed by atoms with Crippen molar-refractivity contribution < 1.29 is 9.53 Å². The van der Waals surface area contributed by atoms with Crippen molar-refractivity contribution in [1.29, 1.82) is 0 Å². The van der Waals surface area contributed by atoms with Crippen LogP contribution in [0.1, 0.15) is 12.5 Å². The van der Waals surface area contributed by atoms with Gasteiger partial charge in [0.1, 0.15) is 16.9 Å². The Hall–Kier alpha value is -3.43. The van der Waals surface area contributed by atoms with E-state index in [1.165, 1.54) is 17.3 Å². The molecule has 0 saturated carbocycles.